The fourth-order valence-electron chi connectivity index (χ4n) is 1.72. The molecule has 1 aliphatic rings. The van der Waals surface area contributed by atoms with Gasteiger partial charge in [-0.25, -0.2) is 0 Å². The van der Waals surface area contributed by atoms with E-state index in [1.165, 1.54) is 0 Å². The zero-order valence-corrected chi connectivity index (χ0v) is 9.26. The summed E-state index contributed by atoms with van der Waals surface area (Å²) in [6, 6.07) is 8.12. The molecule has 0 radical (unpaired) electrons. The van der Waals surface area contributed by atoms with Crippen molar-refractivity contribution in [3.8, 4) is 0 Å². The Balaban J connectivity index is 2.16. The average molecular weight is 219 g/mol. The Morgan fingerprint density at radius 3 is 2.75 bits per heavy atom. The predicted octanol–water partition coefficient (Wildman–Crippen LogP) is 2.09. The summed E-state index contributed by atoms with van der Waals surface area (Å²) in [5.74, 6) is 0. The largest absolute Gasteiger partial charge is 0.346 e. The molecule has 0 aromatic heterocycles. The molecule has 2 N–H and O–H groups in total. The van der Waals surface area contributed by atoms with Crippen LogP contribution in [-0.2, 0) is 9.47 Å². The van der Waals surface area contributed by atoms with Crippen LogP contribution in [0.4, 0.5) is 0 Å². The van der Waals surface area contributed by atoms with E-state index in [-0.39, 0.29) is 6.29 Å². The molecular weight excluding hydrogens is 202 g/mol. The van der Waals surface area contributed by atoms with Gasteiger partial charge in [0, 0.05) is 5.56 Å². The van der Waals surface area contributed by atoms with E-state index in [1.807, 2.05) is 18.2 Å². The molecule has 0 spiro atoms. The van der Waals surface area contributed by atoms with Crippen molar-refractivity contribution < 1.29 is 9.47 Å². The first-order valence-corrected chi connectivity index (χ1v) is 5.60. The van der Waals surface area contributed by atoms with E-state index in [2.05, 4.69) is 18.2 Å². The van der Waals surface area contributed by atoms with Gasteiger partial charge in [-0.1, -0.05) is 36.4 Å². The third-order valence-electron chi connectivity index (χ3n) is 2.50. The quantitative estimate of drug-likeness (QED) is 0.843. The lowest BCUT2D eigenvalue weighted by Crippen LogP contribution is -2.00. The number of hydrogen-bond donors (Lipinski definition) is 1. The molecule has 1 fully saturated rings. The summed E-state index contributed by atoms with van der Waals surface area (Å²) in [7, 11) is 0. The van der Waals surface area contributed by atoms with Crippen LogP contribution in [0.15, 0.2) is 30.3 Å². The number of rotatable bonds is 4. The second kappa shape index (κ2) is 5.80. The summed E-state index contributed by atoms with van der Waals surface area (Å²) in [5.41, 5.74) is 7.68. The second-order valence-corrected chi connectivity index (χ2v) is 3.68. The van der Waals surface area contributed by atoms with E-state index in [0.717, 1.165) is 17.5 Å². The van der Waals surface area contributed by atoms with Crippen molar-refractivity contribution in [2.24, 2.45) is 5.73 Å². The van der Waals surface area contributed by atoms with Crippen LogP contribution in [0.3, 0.4) is 0 Å². The molecule has 2 rings (SSSR count). The fourth-order valence-corrected chi connectivity index (χ4v) is 1.72. The van der Waals surface area contributed by atoms with Crippen molar-refractivity contribution >= 4 is 6.08 Å². The Morgan fingerprint density at radius 2 is 2.00 bits per heavy atom. The molecule has 3 nitrogen and oxygen atoms in total. The molecule has 0 atom stereocenters. The number of benzene rings is 1. The topological polar surface area (TPSA) is 44.5 Å². The molecule has 0 amide bonds. The fraction of sp³-hybridized carbons (Fsp3) is 0.385. The first-order valence-electron chi connectivity index (χ1n) is 5.60. The van der Waals surface area contributed by atoms with Gasteiger partial charge in [-0.15, -0.1) is 0 Å². The third kappa shape index (κ3) is 2.70. The maximum Gasteiger partial charge on any atom is 0.184 e. The minimum absolute atomic E-state index is 0.210. The Bertz CT molecular complexity index is 357. The summed E-state index contributed by atoms with van der Waals surface area (Å²) in [4.78, 5) is 0. The van der Waals surface area contributed by atoms with E-state index < -0.39 is 0 Å². The highest BCUT2D eigenvalue weighted by Crippen LogP contribution is 2.26. The number of ether oxygens (including phenoxy) is 2. The van der Waals surface area contributed by atoms with Gasteiger partial charge in [0.25, 0.3) is 0 Å². The monoisotopic (exact) mass is 219 g/mol. The van der Waals surface area contributed by atoms with E-state index in [0.29, 0.717) is 19.8 Å². The summed E-state index contributed by atoms with van der Waals surface area (Å²) in [5, 5.41) is 0. The molecule has 1 aromatic rings. The molecule has 0 unspecified atom stereocenters. The molecule has 1 aliphatic heterocycles. The lowest BCUT2D eigenvalue weighted by molar-refractivity contribution is -0.0442. The summed E-state index contributed by atoms with van der Waals surface area (Å²) in [6.45, 7) is 2.02. The van der Waals surface area contributed by atoms with Crippen molar-refractivity contribution in [2.75, 3.05) is 19.8 Å². The van der Waals surface area contributed by atoms with Crippen LogP contribution in [0.5, 0.6) is 0 Å². The van der Waals surface area contributed by atoms with Gasteiger partial charge >= 0.3 is 0 Å². The second-order valence-electron chi connectivity index (χ2n) is 3.68. The first-order chi connectivity index (χ1) is 7.92. The Hall–Kier alpha value is -1.16. The first kappa shape index (κ1) is 11.3. The van der Waals surface area contributed by atoms with Gasteiger partial charge < -0.3 is 15.2 Å². The Labute approximate surface area is 95.9 Å². The number of hydrogen-bond acceptors (Lipinski definition) is 3. The molecule has 3 heteroatoms. The van der Waals surface area contributed by atoms with Gasteiger partial charge in [-0.3, -0.25) is 0 Å². The van der Waals surface area contributed by atoms with Crippen LogP contribution in [0.2, 0.25) is 0 Å². The van der Waals surface area contributed by atoms with E-state index >= 15 is 0 Å². The van der Waals surface area contributed by atoms with Gasteiger partial charge in [0.15, 0.2) is 6.29 Å². The zero-order chi connectivity index (χ0) is 11.2. The highest BCUT2D eigenvalue weighted by atomic mass is 16.7. The van der Waals surface area contributed by atoms with Gasteiger partial charge in [-0.05, 0) is 18.5 Å². The molecule has 1 saturated heterocycles. The van der Waals surface area contributed by atoms with E-state index in [9.17, 15) is 0 Å². The number of nitrogens with two attached hydrogens (primary N) is 1. The molecular formula is C13H17NO2. The van der Waals surface area contributed by atoms with Gasteiger partial charge in [-0.2, -0.15) is 0 Å². The average Bonchev–Trinajstić information content (AvgIpc) is 2.83. The van der Waals surface area contributed by atoms with Crippen molar-refractivity contribution in [3.63, 3.8) is 0 Å². The summed E-state index contributed by atoms with van der Waals surface area (Å²) >= 11 is 0. The zero-order valence-electron chi connectivity index (χ0n) is 9.26. The van der Waals surface area contributed by atoms with Crippen LogP contribution in [0.25, 0.3) is 6.08 Å². The van der Waals surface area contributed by atoms with Gasteiger partial charge in [0.2, 0.25) is 0 Å². The molecule has 0 aliphatic carbocycles. The Kier molecular flexibility index (Phi) is 4.10. The van der Waals surface area contributed by atoms with Crippen molar-refractivity contribution in [1.82, 2.24) is 0 Å². The van der Waals surface area contributed by atoms with Crippen LogP contribution in [0.1, 0.15) is 23.8 Å². The lowest BCUT2D eigenvalue weighted by Gasteiger charge is -2.12. The normalized spacial score (nSPS) is 17.3. The minimum Gasteiger partial charge on any atom is -0.346 e. The summed E-state index contributed by atoms with van der Waals surface area (Å²) < 4.78 is 11.0. The van der Waals surface area contributed by atoms with E-state index in [1.54, 1.807) is 0 Å². The highest BCUT2D eigenvalue weighted by molar-refractivity contribution is 5.54. The van der Waals surface area contributed by atoms with Crippen LogP contribution in [0, 0.1) is 0 Å². The van der Waals surface area contributed by atoms with Gasteiger partial charge in [0.1, 0.15) is 0 Å². The molecule has 1 heterocycles. The molecule has 16 heavy (non-hydrogen) atoms. The van der Waals surface area contributed by atoms with Crippen molar-refractivity contribution in [2.45, 2.75) is 12.7 Å². The summed E-state index contributed by atoms with van der Waals surface area (Å²) in [6.07, 6.45) is 4.83. The molecule has 0 saturated carbocycles. The minimum atomic E-state index is -0.210. The van der Waals surface area contributed by atoms with Crippen LogP contribution < -0.4 is 5.73 Å². The molecule has 1 aromatic carbocycles. The highest BCUT2D eigenvalue weighted by Gasteiger charge is 2.19. The maximum absolute atomic E-state index is 5.51. The van der Waals surface area contributed by atoms with Gasteiger partial charge in [0.05, 0.1) is 13.2 Å². The Morgan fingerprint density at radius 1 is 1.25 bits per heavy atom. The van der Waals surface area contributed by atoms with E-state index in [4.69, 9.17) is 15.2 Å². The smallest absolute Gasteiger partial charge is 0.184 e. The standard InChI is InChI=1S/C13H17NO2/c14-8-4-3-6-11-5-1-2-7-12(11)13-15-9-10-16-13/h1-3,5-7,13H,4,8-10,14H2. The predicted molar refractivity (Wildman–Crippen MR) is 63.8 cm³/mol. The molecule has 0 bridgehead atoms. The lowest BCUT2D eigenvalue weighted by atomic mass is 10.1. The van der Waals surface area contributed by atoms with Crippen molar-refractivity contribution in [3.05, 3.63) is 41.5 Å². The molecule has 86 valence electrons. The van der Waals surface area contributed by atoms with Crippen molar-refractivity contribution in [1.29, 1.82) is 0 Å². The van der Waals surface area contributed by atoms with Crippen LogP contribution >= 0.6 is 0 Å². The maximum atomic E-state index is 5.51. The van der Waals surface area contributed by atoms with Crippen LogP contribution in [-0.4, -0.2) is 19.8 Å². The third-order valence-corrected chi connectivity index (χ3v) is 2.50. The SMILES string of the molecule is NCCC=Cc1ccccc1C1OCCO1.